The zero-order valence-corrected chi connectivity index (χ0v) is 16.9. The van der Waals surface area contributed by atoms with Crippen LogP contribution >= 0.6 is 0 Å². The number of rotatable bonds is 12. The highest BCUT2D eigenvalue weighted by atomic mass is 16.5. The molecule has 27 heavy (non-hydrogen) atoms. The average Bonchev–Trinajstić information content (AvgIpc) is 2.68. The first-order valence-corrected chi connectivity index (χ1v) is 9.48. The number of hydrogen-bond acceptors (Lipinski definition) is 5. The van der Waals surface area contributed by atoms with E-state index in [-0.39, 0.29) is 12.1 Å². The minimum Gasteiger partial charge on any atom is -0.497 e. The quantitative estimate of drug-likeness (QED) is 0.252. The number of methoxy groups -OCH3 is 2. The topological polar surface area (TPSA) is 81.2 Å². The Bertz CT molecular complexity index is 578. The lowest BCUT2D eigenvalue weighted by Gasteiger charge is -2.15. The van der Waals surface area contributed by atoms with E-state index in [9.17, 15) is 4.79 Å². The number of carbonyl (C=O) groups is 1. The molecule has 0 bridgehead atoms. The molecule has 1 aromatic rings. The van der Waals surface area contributed by atoms with E-state index in [1.165, 1.54) is 7.11 Å². The smallest absolute Gasteiger partial charge is 0.305 e. The van der Waals surface area contributed by atoms with Crippen LogP contribution in [0.5, 0.6) is 11.5 Å². The monoisotopic (exact) mass is 379 g/mol. The maximum absolute atomic E-state index is 11.1. The van der Waals surface area contributed by atoms with Gasteiger partial charge in [0.1, 0.15) is 17.6 Å². The first-order valence-electron chi connectivity index (χ1n) is 9.48. The lowest BCUT2D eigenvalue weighted by molar-refractivity contribution is -0.140. The third kappa shape index (κ3) is 10.3. The van der Waals surface area contributed by atoms with E-state index >= 15 is 0 Å². The Morgan fingerprint density at radius 1 is 1.15 bits per heavy atom. The molecule has 0 spiro atoms. The summed E-state index contributed by atoms with van der Waals surface area (Å²) in [6.45, 7) is 6.15. The molecule has 1 unspecified atom stereocenters. The van der Waals surface area contributed by atoms with E-state index in [4.69, 9.17) is 9.47 Å². The zero-order chi connectivity index (χ0) is 19.9. The number of nitrogens with zero attached hydrogens (tertiary/aromatic N) is 1. The predicted octanol–water partition coefficient (Wildman–Crippen LogP) is 2.75. The van der Waals surface area contributed by atoms with Crippen LogP contribution in [0, 0.1) is 0 Å². The minimum atomic E-state index is -0.150. The summed E-state index contributed by atoms with van der Waals surface area (Å²) in [6.07, 6.45) is 3.19. The van der Waals surface area contributed by atoms with E-state index < -0.39 is 0 Å². The highest BCUT2D eigenvalue weighted by molar-refractivity contribution is 5.79. The summed E-state index contributed by atoms with van der Waals surface area (Å²) in [5, 5.41) is 6.53. The van der Waals surface area contributed by atoms with Crippen molar-refractivity contribution in [2.45, 2.75) is 45.6 Å². The van der Waals surface area contributed by atoms with Crippen molar-refractivity contribution in [3.8, 4) is 11.5 Å². The van der Waals surface area contributed by atoms with E-state index in [1.54, 1.807) is 7.11 Å². The molecule has 0 fully saturated rings. The summed E-state index contributed by atoms with van der Waals surface area (Å²) in [7, 11) is 3.05. The second-order valence-corrected chi connectivity index (χ2v) is 6.14. The highest BCUT2D eigenvalue weighted by Crippen LogP contribution is 2.19. The Morgan fingerprint density at radius 3 is 2.63 bits per heavy atom. The lowest BCUT2D eigenvalue weighted by atomic mass is 10.2. The Kier molecular flexibility index (Phi) is 11.5. The van der Waals surface area contributed by atoms with Gasteiger partial charge in [-0.15, -0.1) is 0 Å². The average molecular weight is 380 g/mol. The van der Waals surface area contributed by atoms with Gasteiger partial charge in [0.15, 0.2) is 5.96 Å². The van der Waals surface area contributed by atoms with E-state index in [2.05, 4.69) is 20.4 Å². The van der Waals surface area contributed by atoms with E-state index in [1.807, 2.05) is 38.1 Å². The lowest BCUT2D eigenvalue weighted by Crippen LogP contribution is -2.38. The van der Waals surface area contributed by atoms with Gasteiger partial charge < -0.3 is 24.8 Å². The number of esters is 1. The number of carbonyl (C=O) groups excluding carboxylic acids is 1. The van der Waals surface area contributed by atoms with Crippen LogP contribution in [-0.4, -0.2) is 51.9 Å². The molecule has 0 heterocycles. The van der Waals surface area contributed by atoms with Crippen LogP contribution in [0.15, 0.2) is 29.3 Å². The van der Waals surface area contributed by atoms with Crippen molar-refractivity contribution in [3.05, 3.63) is 24.3 Å². The number of ether oxygens (including phenoxy) is 3. The van der Waals surface area contributed by atoms with Gasteiger partial charge in [0, 0.05) is 25.6 Å². The normalized spacial score (nSPS) is 12.2. The first-order chi connectivity index (χ1) is 13.1. The van der Waals surface area contributed by atoms with Crippen molar-refractivity contribution in [2.75, 3.05) is 33.9 Å². The third-order valence-electron chi connectivity index (χ3n) is 3.81. The van der Waals surface area contributed by atoms with Gasteiger partial charge in [-0.2, -0.15) is 0 Å². The van der Waals surface area contributed by atoms with Crippen molar-refractivity contribution in [2.24, 2.45) is 4.99 Å². The minimum absolute atomic E-state index is 0.0624. The second-order valence-electron chi connectivity index (χ2n) is 6.14. The van der Waals surface area contributed by atoms with Gasteiger partial charge in [-0.3, -0.25) is 4.79 Å². The van der Waals surface area contributed by atoms with Crippen molar-refractivity contribution in [1.29, 1.82) is 0 Å². The van der Waals surface area contributed by atoms with Gasteiger partial charge in [0.25, 0.3) is 0 Å². The van der Waals surface area contributed by atoms with Crippen molar-refractivity contribution >= 4 is 11.9 Å². The summed E-state index contributed by atoms with van der Waals surface area (Å²) >= 11 is 0. The molecule has 0 aromatic heterocycles. The van der Waals surface area contributed by atoms with E-state index in [0.29, 0.717) is 13.0 Å². The Balaban J connectivity index is 2.35. The number of nitrogens with one attached hydrogen (secondary N) is 2. The molecule has 0 aliphatic heterocycles. The van der Waals surface area contributed by atoms with Gasteiger partial charge in [-0.25, -0.2) is 4.99 Å². The van der Waals surface area contributed by atoms with Crippen LogP contribution < -0.4 is 20.1 Å². The first kappa shape index (κ1) is 22.6. The van der Waals surface area contributed by atoms with Crippen LogP contribution in [-0.2, 0) is 9.53 Å². The van der Waals surface area contributed by atoms with Crippen molar-refractivity contribution in [3.63, 3.8) is 0 Å². The zero-order valence-electron chi connectivity index (χ0n) is 16.9. The number of aliphatic imine (C=N–C) groups is 1. The van der Waals surface area contributed by atoms with Crippen molar-refractivity contribution in [1.82, 2.24) is 10.6 Å². The molecule has 0 aliphatic carbocycles. The molecule has 0 radical (unpaired) electrons. The Labute approximate surface area is 162 Å². The summed E-state index contributed by atoms with van der Waals surface area (Å²) in [4.78, 5) is 15.6. The van der Waals surface area contributed by atoms with Crippen LogP contribution in [0.4, 0.5) is 0 Å². The third-order valence-corrected chi connectivity index (χ3v) is 3.81. The highest BCUT2D eigenvalue weighted by Gasteiger charge is 2.06. The summed E-state index contributed by atoms with van der Waals surface area (Å²) in [5.41, 5.74) is 0. The fraction of sp³-hybridized carbons (Fsp3) is 0.600. The molecule has 7 nitrogen and oxygen atoms in total. The van der Waals surface area contributed by atoms with Crippen LogP contribution in [0.25, 0.3) is 0 Å². The predicted molar refractivity (Wildman–Crippen MR) is 108 cm³/mol. The number of unbranched alkanes of at least 4 members (excludes halogenated alkanes) is 2. The van der Waals surface area contributed by atoms with Gasteiger partial charge in [0.2, 0.25) is 0 Å². The van der Waals surface area contributed by atoms with Gasteiger partial charge in [0.05, 0.1) is 20.8 Å². The molecule has 0 saturated heterocycles. The second kappa shape index (κ2) is 13.7. The standard InChI is InChI=1S/C20H33N3O4/c1-5-21-20(22-13-8-6-7-12-19(24)26-4)23-15-16(2)27-18-11-9-10-17(14-18)25-3/h9-11,14,16H,5-8,12-13,15H2,1-4H3,(H2,21,22,23). The SMILES string of the molecule is CCNC(=NCC(C)Oc1cccc(OC)c1)NCCCCCC(=O)OC. The molecule has 152 valence electrons. The molecule has 0 aliphatic rings. The van der Waals surface area contributed by atoms with Gasteiger partial charge >= 0.3 is 5.97 Å². The molecule has 7 heteroatoms. The molecule has 1 atom stereocenters. The Morgan fingerprint density at radius 2 is 1.93 bits per heavy atom. The number of benzene rings is 1. The maximum atomic E-state index is 11.1. The largest absolute Gasteiger partial charge is 0.497 e. The summed E-state index contributed by atoms with van der Waals surface area (Å²) in [6, 6.07) is 7.54. The number of guanidine groups is 1. The summed E-state index contributed by atoms with van der Waals surface area (Å²) < 4.78 is 15.7. The number of hydrogen-bond donors (Lipinski definition) is 2. The molecule has 0 amide bonds. The van der Waals surface area contributed by atoms with Crippen LogP contribution in [0.1, 0.15) is 39.5 Å². The molecule has 1 rings (SSSR count). The van der Waals surface area contributed by atoms with E-state index in [0.717, 1.165) is 49.8 Å². The molecule has 1 aromatic carbocycles. The van der Waals surface area contributed by atoms with Crippen LogP contribution in [0.2, 0.25) is 0 Å². The summed E-state index contributed by atoms with van der Waals surface area (Å²) in [5.74, 6) is 2.15. The maximum Gasteiger partial charge on any atom is 0.305 e. The van der Waals surface area contributed by atoms with Crippen molar-refractivity contribution < 1.29 is 19.0 Å². The van der Waals surface area contributed by atoms with Gasteiger partial charge in [-0.1, -0.05) is 12.5 Å². The fourth-order valence-electron chi connectivity index (χ4n) is 2.39. The van der Waals surface area contributed by atoms with Crippen LogP contribution in [0.3, 0.4) is 0 Å². The molecule has 0 saturated carbocycles. The molecular formula is C20H33N3O4. The fourth-order valence-corrected chi connectivity index (χ4v) is 2.39. The Hall–Kier alpha value is -2.44. The molecular weight excluding hydrogens is 346 g/mol. The molecule has 2 N–H and O–H groups in total. The van der Waals surface area contributed by atoms with Gasteiger partial charge in [-0.05, 0) is 38.8 Å².